The molecule has 5 nitrogen and oxygen atoms in total. The molecular formula is C19H24N2O3. The molecule has 5 heteroatoms. The van der Waals surface area contributed by atoms with E-state index in [0.717, 1.165) is 25.9 Å². The highest BCUT2D eigenvalue weighted by Gasteiger charge is 2.65. The third kappa shape index (κ3) is 2.42. The summed E-state index contributed by atoms with van der Waals surface area (Å²) < 4.78 is 5.95. The van der Waals surface area contributed by atoms with E-state index in [9.17, 15) is 9.59 Å². The maximum atomic E-state index is 12.4. The first kappa shape index (κ1) is 15.6. The van der Waals surface area contributed by atoms with E-state index in [0.29, 0.717) is 23.3 Å². The molecule has 2 saturated carbocycles. The molecule has 1 aromatic carbocycles. The van der Waals surface area contributed by atoms with Crippen LogP contribution >= 0.6 is 0 Å². The number of Topliss-reactive ketones (excluding diaryl/α,β-unsaturated/α-hetero) is 1. The predicted molar refractivity (Wildman–Crippen MR) is 91.1 cm³/mol. The minimum Gasteiger partial charge on any atom is -0.377 e. The number of benzene rings is 1. The number of amides is 2. The van der Waals surface area contributed by atoms with Gasteiger partial charge in [0.15, 0.2) is 5.78 Å². The number of hydrogen-bond donors (Lipinski definition) is 2. The van der Waals surface area contributed by atoms with Gasteiger partial charge in [-0.3, -0.25) is 4.79 Å². The van der Waals surface area contributed by atoms with Crippen LogP contribution in [0.25, 0.3) is 0 Å². The van der Waals surface area contributed by atoms with Crippen molar-refractivity contribution in [2.24, 2.45) is 11.3 Å². The summed E-state index contributed by atoms with van der Waals surface area (Å²) in [6.45, 7) is 2.36. The first-order chi connectivity index (χ1) is 11.6. The Hall–Kier alpha value is -1.88. The van der Waals surface area contributed by atoms with Crippen LogP contribution in [0.2, 0.25) is 0 Å². The van der Waals surface area contributed by atoms with Crippen LogP contribution in [-0.2, 0) is 4.74 Å². The standard InChI is InChI=1S/C19H24N2O3/c1-12(22)13-4-6-14(7-5-13)20-18(23)21-16-15-8-11-24-17(15)19(16)9-2-3-10-19/h4-7,15-17H,2-3,8-11H2,1H3,(H2,20,21,23)/t15-,16+,17-/m0/s1. The van der Waals surface area contributed by atoms with Crippen LogP contribution < -0.4 is 10.6 Å². The van der Waals surface area contributed by atoms with E-state index >= 15 is 0 Å². The van der Waals surface area contributed by atoms with Gasteiger partial charge in [0, 0.05) is 35.2 Å². The molecule has 0 unspecified atom stereocenters. The van der Waals surface area contributed by atoms with Crippen LogP contribution in [0, 0.1) is 11.3 Å². The number of fused-ring (bicyclic) bond motifs is 2. The maximum absolute atomic E-state index is 12.4. The van der Waals surface area contributed by atoms with Gasteiger partial charge in [-0.1, -0.05) is 12.8 Å². The molecule has 128 valence electrons. The summed E-state index contributed by atoms with van der Waals surface area (Å²) in [5.41, 5.74) is 1.52. The first-order valence-corrected chi connectivity index (χ1v) is 8.90. The van der Waals surface area contributed by atoms with Gasteiger partial charge in [0.1, 0.15) is 0 Å². The highest BCUT2D eigenvalue weighted by atomic mass is 16.5. The molecule has 3 atom stereocenters. The monoisotopic (exact) mass is 328 g/mol. The highest BCUT2D eigenvalue weighted by Crippen LogP contribution is 2.60. The Bertz CT molecular complexity index is 649. The van der Waals surface area contributed by atoms with Gasteiger partial charge in [-0.15, -0.1) is 0 Å². The maximum Gasteiger partial charge on any atom is 0.319 e. The Morgan fingerprint density at radius 3 is 2.54 bits per heavy atom. The molecule has 1 aliphatic heterocycles. The number of ketones is 1. The smallest absolute Gasteiger partial charge is 0.319 e. The van der Waals surface area contributed by atoms with Crippen LogP contribution in [0.4, 0.5) is 10.5 Å². The molecule has 3 aliphatic rings. The van der Waals surface area contributed by atoms with Crippen molar-refractivity contribution in [1.29, 1.82) is 0 Å². The van der Waals surface area contributed by atoms with Gasteiger partial charge in [-0.25, -0.2) is 4.79 Å². The Morgan fingerprint density at radius 2 is 1.88 bits per heavy atom. The van der Waals surface area contributed by atoms with Crippen molar-refractivity contribution in [1.82, 2.24) is 5.32 Å². The van der Waals surface area contributed by atoms with E-state index in [1.165, 1.54) is 19.8 Å². The SMILES string of the molecule is CC(=O)c1ccc(NC(=O)N[C@@H]2[C@@H]3CCO[C@@H]3C23CCCC3)cc1. The van der Waals surface area contributed by atoms with Crippen molar-refractivity contribution >= 4 is 17.5 Å². The average molecular weight is 328 g/mol. The predicted octanol–water partition coefficient (Wildman–Crippen LogP) is 3.36. The van der Waals surface area contributed by atoms with Crippen LogP contribution in [0.3, 0.4) is 0 Å². The van der Waals surface area contributed by atoms with E-state index in [4.69, 9.17) is 4.74 Å². The van der Waals surface area contributed by atoms with Crippen molar-refractivity contribution < 1.29 is 14.3 Å². The molecule has 1 heterocycles. The number of carbonyl (C=O) groups excluding carboxylic acids is 2. The summed E-state index contributed by atoms with van der Waals surface area (Å²) in [5.74, 6) is 0.491. The minimum atomic E-state index is -0.160. The number of urea groups is 1. The Labute approximate surface area is 142 Å². The van der Waals surface area contributed by atoms with Gasteiger partial charge in [-0.05, 0) is 50.5 Å². The molecule has 0 radical (unpaired) electrons. The Kier molecular flexibility index (Phi) is 3.83. The summed E-state index contributed by atoms with van der Waals surface area (Å²) >= 11 is 0. The fraction of sp³-hybridized carbons (Fsp3) is 0.579. The largest absolute Gasteiger partial charge is 0.377 e. The zero-order valence-corrected chi connectivity index (χ0v) is 14.0. The second-order valence-electron chi connectivity index (χ2n) is 7.39. The van der Waals surface area contributed by atoms with Gasteiger partial charge < -0.3 is 15.4 Å². The Balaban J connectivity index is 1.41. The molecule has 1 saturated heterocycles. The Morgan fingerprint density at radius 1 is 1.17 bits per heavy atom. The van der Waals surface area contributed by atoms with E-state index < -0.39 is 0 Å². The molecule has 3 fully saturated rings. The average Bonchev–Trinajstić information content (AvgIpc) is 3.22. The summed E-state index contributed by atoms with van der Waals surface area (Å²) in [6, 6.07) is 7.07. The quantitative estimate of drug-likeness (QED) is 0.836. The highest BCUT2D eigenvalue weighted by molar-refractivity contribution is 5.95. The zero-order chi connectivity index (χ0) is 16.7. The summed E-state index contributed by atoms with van der Waals surface area (Å²) in [7, 11) is 0. The number of ether oxygens (including phenoxy) is 1. The number of anilines is 1. The van der Waals surface area contributed by atoms with Crippen molar-refractivity contribution in [3.63, 3.8) is 0 Å². The van der Waals surface area contributed by atoms with Gasteiger partial charge in [0.05, 0.1) is 6.10 Å². The lowest BCUT2D eigenvalue weighted by Crippen LogP contribution is -2.68. The second-order valence-corrected chi connectivity index (χ2v) is 7.39. The molecule has 24 heavy (non-hydrogen) atoms. The zero-order valence-electron chi connectivity index (χ0n) is 14.0. The first-order valence-electron chi connectivity index (χ1n) is 8.90. The van der Waals surface area contributed by atoms with Gasteiger partial charge >= 0.3 is 6.03 Å². The fourth-order valence-electron chi connectivity index (χ4n) is 5.00. The lowest BCUT2D eigenvalue weighted by molar-refractivity contribution is -0.125. The second kappa shape index (κ2) is 5.88. The normalized spacial score (nSPS) is 29.8. The van der Waals surface area contributed by atoms with E-state index in [1.54, 1.807) is 24.3 Å². The third-order valence-electron chi connectivity index (χ3n) is 6.12. The van der Waals surface area contributed by atoms with E-state index in [-0.39, 0.29) is 23.3 Å². The van der Waals surface area contributed by atoms with Crippen molar-refractivity contribution in [2.75, 3.05) is 11.9 Å². The van der Waals surface area contributed by atoms with Gasteiger partial charge in [0.2, 0.25) is 0 Å². The van der Waals surface area contributed by atoms with Gasteiger partial charge in [-0.2, -0.15) is 0 Å². The molecular weight excluding hydrogens is 304 g/mol. The summed E-state index contributed by atoms with van der Waals surface area (Å²) in [4.78, 5) is 23.7. The van der Waals surface area contributed by atoms with Crippen LogP contribution in [-0.4, -0.2) is 30.6 Å². The van der Waals surface area contributed by atoms with Crippen molar-refractivity contribution in [2.45, 2.75) is 51.2 Å². The number of nitrogens with one attached hydrogen (secondary N) is 2. The minimum absolute atomic E-state index is 0.0240. The van der Waals surface area contributed by atoms with Crippen LogP contribution in [0.15, 0.2) is 24.3 Å². The fourth-order valence-corrected chi connectivity index (χ4v) is 5.00. The molecule has 1 spiro atoms. The molecule has 0 aromatic heterocycles. The lowest BCUT2D eigenvalue weighted by Gasteiger charge is -2.56. The molecule has 4 rings (SSSR count). The lowest BCUT2D eigenvalue weighted by atomic mass is 9.54. The van der Waals surface area contributed by atoms with E-state index in [1.807, 2.05) is 0 Å². The summed E-state index contributed by atoms with van der Waals surface area (Å²) in [6.07, 6.45) is 6.18. The molecule has 2 aliphatic carbocycles. The van der Waals surface area contributed by atoms with Crippen molar-refractivity contribution in [3.05, 3.63) is 29.8 Å². The number of hydrogen-bond acceptors (Lipinski definition) is 3. The molecule has 0 bridgehead atoms. The molecule has 2 amide bonds. The molecule has 2 N–H and O–H groups in total. The number of carbonyl (C=O) groups is 2. The topological polar surface area (TPSA) is 67.4 Å². The third-order valence-corrected chi connectivity index (χ3v) is 6.12. The number of rotatable bonds is 3. The summed E-state index contributed by atoms with van der Waals surface area (Å²) in [5, 5.41) is 6.10. The molecule has 1 aromatic rings. The van der Waals surface area contributed by atoms with Crippen LogP contribution in [0.5, 0.6) is 0 Å². The van der Waals surface area contributed by atoms with Crippen molar-refractivity contribution in [3.8, 4) is 0 Å². The van der Waals surface area contributed by atoms with Crippen LogP contribution in [0.1, 0.15) is 49.4 Å². The van der Waals surface area contributed by atoms with Gasteiger partial charge in [0.25, 0.3) is 0 Å². The van der Waals surface area contributed by atoms with E-state index in [2.05, 4.69) is 10.6 Å².